The average molecular weight is 376 g/mol. The number of nitrogens with one attached hydrogen (secondary N) is 1. The van der Waals surface area contributed by atoms with E-state index >= 15 is 0 Å². The predicted octanol–water partition coefficient (Wildman–Crippen LogP) is 2.72. The number of fused-ring (bicyclic) bond motifs is 1. The van der Waals surface area contributed by atoms with Crippen LogP contribution in [0.25, 0.3) is 0 Å². The van der Waals surface area contributed by atoms with Crippen molar-refractivity contribution in [2.45, 2.75) is 32.7 Å². The number of ether oxygens (including phenoxy) is 2. The van der Waals surface area contributed by atoms with Gasteiger partial charge in [0.25, 0.3) is 0 Å². The van der Waals surface area contributed by atoms with E-state index in [9.17, 15) is 4.79 Å². The van der Waals surface area contributed by atoms with E-state index in [0.29, 0.717) is 24.7 Å². The quantitative estimate of drug-likeness (QED) is 0.835. The molecule has 1 aromatic carbocycles. The number of nitrogens with zero attached hydrogens (tertiary/aromatic N) is 3. The molecule has 1 aromatic heterocycles. The first-order valence-electron chi connectivity index (χ1n) is 8.83. The van der Waals surface area contributed by atoms with Crippen molar-refractivity contribution in [1.82, 2.24) is 15.1 Å². The Hall–Kier alpha value is -2.19. The monoisotopic (exact) mass is 376 g/mol. The lowest BCUT2D eigenvalue weighted by molar-refractivity contribution is -0.116. The molecule has 2 aromatic rings. The number of benzene rings is 1. The molecule has 140 valence electrons. The lowest BCUT2D eigenvalue weighted by Gasteiger charge is -2.26. The summed E-state index contributed by atoms with van der Waals surface area (Å²) in [5, 5.41) is 12.3. The maximum atomic E-state index is 12.2. The standard InChI is InChI=1S/C18H24N4O3S/c1-3-16-20-21-18(26-16)19-15(23)8-10-22-9-5-11-25-17-13(12-22)6-4-7-14(17)24-2/h4,6-7H,3,5,8-12H2,1-2H3,(H,19,21,23). The number of anilines is 1. The molecule has 0 radical (unpaired) electrons. The molecule has 1 amide bonds. The number of carbonyl (C=O) groups is 1. The molecule has 1 N–H and O–H groups in total. The summed E-state index contributed by atoms with van der Waals surface area (Å²) >= 11 is 1.43. The minimum Gasteiger partial charge on any atom is -0.493 e. The van der Waals surface area contributed by atoms with Crippen LogP contribution in [0.3, 0.4) is 0 Å². The largest absolute Gasteiger partial charge is 0.493 e. The summed E-state index contributed by atoms with van der Waals surface area (Å²) in [6.07, 6.45) is 2.16. The molecule has 26 heavy (non-hydrogen) atoms. The Morgan fingerprint density at radius 3 is 3.08 bits per heavy atom. The third-order valence-electron chi connectivity index (χ3n) is 4.21. The van der Waals surface area contributed by atoms with Gasteiger partial charge in [0.2, 0.25) is 11.0 Å². The Morgan fingerprint density at radius 2 is 2.31 bits per heavy atom. The molecule has 0 unspecified atom stereocenters. The van der Waals surface area contributed by atoms with Gasteiger partial charge in [-0.2, -0.15) is 0 Å². The van der Waals surface area contributed by atoms with Crippen LogP contribution in [0.4, 0.5) is 5.13 Å². The molecule has 0 aliphatic carbocycles. The third kappa shape index (κ3) is 4.70. The Bertz CT molecular complexity index is 750. The average Bonchev–Trinajstić information content (AvgIpc) is 3.08. The van der Waals surface area contributed by atoms with Crippen molar-refractivity contribution >= 4 is 22.4 Å². The molecule has 1 aliphatic rings. The first-order valence-corrected chi connectivity index (χ1v) is 9.64. The number of rotatable bonds is 6. The molecule has 0 bridgehead atoms. The molecule has 0 saturated heterocycles. The minimum absolute atomic E-state index is 0.0343. The normalized spacial score (nSPS) is 14.7. The predicted molar refractivity (Wildman–Crippen MR) is 101 cm³/mol. The van der Waals surface area contributed by atoms with Crippen LogP contribution in [0, 0.1) is 0 Å². The van der Waals surface area contributed by atoms with Gasteiger partial charge in [0, 0.05) is 31.6 Å². The molecule has 0 fully saturated rings. The Morgan fingerprint density at radius 1 is 1.42 bits per heavy atom. The zero-order valence-electron chi connectivity index (χ0n) is 15.2. The second-order valence-corrected chi connectivity index (χ2v) is 7.14. The second kappa shape index (κ2) is 8.95. The summed E-state index contributed by atoms with van der Waals surface area (Å²) in [5.74, 6) is 1.53. The number of carbonyl (C=O) groups excluding carboxylic acids is 1. The molecule has 8 heteroatoms. The van der Waals surface area contributed by atoms with E-state index < -0.39 is 0 Å². The summed E-state index contributed by atoms with van der Waals surface area (Å²) in [7, 11) is 1.65. The summed E-state index contributed by atoms with van der Waals surface area (Å²) < 4.78 is 11.3. The van der Waals surface area contributed by atoms with E-state index in [2.05, 4.69) is 20.4 Å². The highest BCUT2D eigenvalue weighted by Crippen LogP contribution is 2.33. The highest BCUT2D eigenvalue weighted by Gasteiger charge is 2.18. The molecular weight excluding hydrogens is 352 g/mol. The van der Waals surface area contributed by atoms with Crippen LogP contribution in [0.2, 0.25) is 0 Å². The molecule has 0 saturated carbocycles. The highest BCUT2D eigenvalue weighted by atomic mass is 32.1. The summed E-state index contributed by atoms with van der Waals surface area (Å²) in [6, 6.07) is 5.92. The fraction of sp³-hybridized carbons (Fsp3) is 0.500. The zero-order valence-corrected chi connectivity index (χ0v) is 16.0. The highest BCUT2D eigenvalue weighted by molar-refractivity contribution is 7.15. The van der Waals surface area contributed by atoms with Crippen LogP contribution in [-0.4, -0.2) is 47.8 Å². The second-order valence-electron chi connectivity index (χ2n) is 6.08. The van der Waals surface area contributed by atoms with E-state index in [1.54, 1.807) is 7.11 Å². The van der Waals surface area contributed by atoms with Crippen LogP contribution in [0.5, 0.6) is 11.5 Å². The van der Waals surface area contributed by atoms with Crippen molar-refractivity contribution < 1.29 is 14.3 Å². The van der Waals surface area contributed by atoms with Gasteiger partial charge < -0.3 is 14.8 Å². The maximum absolute atomic E-state index is 12.2. The molecule has 0 atom stereocenters. The van der Waals surface area contributed by atoms with Crippen LogP contribution < -0.4 is 14.8 Å². The lowest BCUT2D eigenvalue weighted by atomic mass is 10.1. The summed E-state index contributed by atoms with van der Waals surface area (Å²) in [4.78, 5) is 14.5. The Balaban J connectivity index is 1.58. The minimum atomic E-state index is -0.0343. The number of aromatic nitrogens is 2. The van der Waals surface area contributed by atoms with Gasteiger partial charge in [0.15, 0.2) is 11.5 Å². The topological polar surface area (TPSA) is 76.6 Å². The van der Waals surface area contributed by atoms with E-state index in [-0.39, 0.29) is 5.91 Å². The number of para-hydroxylation sites is 1. The van der Waals surface area contributed by atoms with E-state index in [1.165, 1.54) is 11.3 Å². The summed E-state index contributed by atoms with van der Waals surface area (Å²) in [5.41, 5.74) is 1.08. The Labute approximate surface area is 157 Å². The van der Waals surface area contributed by atoms with Gasteiger partial charge >= 0.3 is 0 Å². The van der Waals surface area contributed by atoms with Crippen LogP contribution in [0.15, 0.2) is 18.2 Å². The van der Waals surface area contributed by atoms with E-state index in [0.717, 1.165) is 48.0 Å². The van der Waals surface area contributed by atoms with Crippen LogP contribution in [-0.2, 0) is 17.8 Å². The first-order chi connectivity index (χ1) is 12.7. The van der Waals surface area contributed by atoms with Gasteiger partial charge in [-0.3, -0.25) is 9.69 Å². The molecule has 7 nitrogen and oxygen atoms in total. The first kappa shape index (κ1) is 18.6. The van der Waals surface area contributed by atoms with Gasteiger partial charge in [-0.1, -0.05) is 30.4 Å². The van der Waals surface area contributed by atoms with Crippen molar-refractivity contribution in [2.75, 3.05) is 32.1 Å². The van der Waals surface area contributed by atoms with Gasteiger partial charge in [-0.25, -0.2) is 0 Å². The van der Waals surface area contributed by atoms with Crippen molar-refractivity contribution in [1.29, 1.82) is 0 Å². The number of hydrogen-bond acceptors (Lipinski definition) is 7. The van der Waals surface area contributed by atoms with E-state index in [1.807, 2.05) is 25.1 Å². The molecule has 0 spiro atoms. The SMILES string of the molecule is CCc1nnc(NC(=O)CCN2CCCOc3c(cccc3OC)C2)s1. The zero-order chi connectivity index (χ0) is 18.4. The van der Waals surface area contributed by atoms with Gasteiger partial charge in [0.05, 0.1) is 13.7 Å². The van der Waals surface area contributed by atoms with Crippen molar-refractivity contribution in [3.8, 4) is 11.5 Å². The third-order valence-corrected chi connectivity index (χ3v) is 5.19. The maximum Gasteiger partial charge on any atom is 0.227 e. The fourth-order valence-electron chi connectivity index (χ4n) is 2.87. The van der Waals surface area contributed by atoms with Gasteiger partial charge in [-0.05, 0) is 18.9 Å². The summed E-state index contributed by atoms with van der Waals surface area (Å²) in [6.45, 7) is 4.97. The van der Waals surface area contributed by atoms with Crippen molar-refractivity contribution in [3.05, 3.63) is 28.8 Å². The lowest BCUT2D eigenvalue weighted by Crippen LogP contribution is -2.31. The molecule has 2 heterocycles. The fourth-order valence-corrected chi connectivity index (χ4v) is 3.57. The van der Waals surface area contributed by atoms with Crippen molar-refractivity contribution in [2.24, 2.45) is 0 Å². The molecule has 1 aliphatic heterocycles. The van der Waals surface area contributed by atoms with Gasteiger partial charge in [0.1, 0.15) is 5.01 Å². The van der Waals surface area contributed by atoms with Crippen LogP contribution in [0.1, 0.15) is 30.3 Å². The van der Waals surface area contributed by atoms with E-state index in [4.69, 9.17) is 9.47 Å². The Kier molecular flexibility index (Phi) is 6.40. The number of hydrogen-bond donors (Lipinski definition) is 1. The molecule has 3 rings (SSSR count). The number of amides is 1. The van der Waals surface area contributed by atoms with Crippen LogP contribution >= 0.6 is 11.3 Å². The number of aryl methyl sites for hydroxylation is 1. The number of methoxy groups -OCH3 is 1. The van der Waals surface area contributed by atoms with Crippen molar-refractivity contribution in [3.63, 3.8) is 0 Å². The smallest absolute Gasteiger partial charge is 0.227 e. The van der Waals surface area contributed by atoms with Gasteiger partial charge in [-0.15, -0.1) is 10.2 Å². The molecular formula is C18H24N4O3S.